The van der Waals surface area contributed by atoms with Crippen molar-refractivity contribution >= 4 is 5.78 Å². The van der Waals surface area contributed by atoms with Gasteiger partial charge in [0.05, 0.1) is 6.42 Å². The number of hydrogen-bond acceptors (Lipinski definition) is 4. The van der Waals surface area contributed by atoms with Crippen LogP contribution >= 0.6 is 0 Å². The summed E-state index contributed by atoms with van der Waals surface area (Å²) in [6, 6.07) is 0.220. The van der Waals surface area contributed by atoms with Crippen LogP contribution < -0.4 is 0 Å². The smallest absolute Gasteiger partial charge is 0.172 e. The lowest BCUT2D eigenvalue weighted by Gasteiger charge is -2.25. The molecule has 1 aliphatic rings. The molecular formula is C13H21N3O2. The fraction of sp³-hybridized carbons (Fsp3) is 0.769. The van der Waals surface area contributed by atoms with E-state index in [1.165, 1.54) is 6.33 Å². The second-order valence-electron chi connectivity index (χ2n) is 5.22. The normalized spacial score (nSPS) is 18.4. The second kappa shape index (κ2) is 5.18. The summed E-state index contributed by atoms with van der Waals surface area (Å²) in [6.07, 6.45) is 5.62. The Labute approximate surface area is 108 Å². The van der Waals surface area contributed by atoms with Crippen molar-refractivity contribution in [2.24, 2.45) is 0 Å². The number of aromatic nitrogens is 3. The highest BCUT2D eigenvalue weighted by molar-refractivity contribution is 5.89. The lowest BCUT2D eigenvalue weighted by atomic mass is 9.93. The van der Waals surface area contributed by atoms with E-state index in [1.54, 1.807) is 11.8 Å². The highest BCUT2D eigenvalue weighted by atomic mass is 16.5. The minimum atomic E-state index is -0.576. The third kappa shape index (κ3) is 2.32. The Morgan fingerprint density at radius 1 is 1.50 bits per heavy atom. The molecule has 1 aliphatic carbocycles. The van der Waals surface area contributed by atoms with E-state index in [-0.39, 0.29) is 11.8 Å². The Morgan fingerprint density at radius 3 is 2.72 bits per heavy atom. The third-order valence-corrected chi connectivity index (χ3v) is 3.77. The van der Waals surface area contributed by atoms with E-state index < -0.39 is 5.60 Å². The molecule has 0 aliphatic heterocycles. The molecule has 1 heterocycles. The van der Waals surface area contributed by atoms with Crippen molar-refractivity contribution in [1.82, 2.24) is 14.8 Å². The van der Waals surface area contributed by atoms with Crippen molar-refractivity contribution in [2.75, 3.05) is 7.11 Å². The Balaban J connectivity index is 2.13. The van der Waals surface area contributed by atoms with Gasteiger partial charge < -0.3 is 4.74 Å². The van der Waals surface area contributed by atoms with Crippen LogP contribution in [0.25, 0.3) is 0 Å². The maximum atomic E-state index is 12.4. The van der Waals surface area contributed by atoms with E-state index >= 15 is 0 Å². The lowest BCUT2D eigenvalue weighted by Crippen LogP contribution is -2.39. The number of carbonyl (C=O) groups is 1. The van der Waals surface area contributed by atoms with E-state index in [0.717, 1.165) is 31.5 Å². The number of ketones is 1. The predicted molar refractivity (Wildman–Crippen MR) is 67.3 cm³/mol. The molecule has 0 saturated heterocycles. The van der Waals surface area contributed by atoms with Crippen LogP contribution in [0.4, 0.5) is 0 Å². The van der Waals surface area contributed by atoms with Crippen LogP contribution in [-0.4, -0.2) is 33.3 Å². The maximum absolute atomic E-state index is 12.4. The molecule has 0 atom stereocenters. The monoisotopic (exact) mass is 251 g/mol. The summed E-state index contributed by atoms with van der Waals surface area (Å²) < 4.78 is 7.30. The van der Waals surface area contributed by atoms with Gasteiger partial charge in [0.1, 0.15) is 17.8 Å². The maximum Gasteiger partial charge on any atom is 0.172 e. The SMILES string of the molecule is COC1(C(=O)Cc2ncnn2C(C)C)CCCC1. The van der Waals surface area contributed by atoms with Crippen molar-refractivity contribution in [1.29, 1.82) is 0 Å². The lowest BCUT2D eigenvalue weighted by molar-refractivity contribution is -0.139. The number of hydrogen-bond donors (Lipinski definition) is 0. The summed E-state index contributed by atoms with van der Waals surface area (Å²) in [5.74, 6) is 0.871. The molecule has 5 heteroatoms. The molecule has 1 saturated carbocycles. The summed E-state index contributed by atoms with van der Waals surface area (Å²) in [5, 5.41) is 4.16. The molecule has 1 fully saturated rings. The quantitative estimate of drug-likeness (QED) is 0.802. The van der Waals surface area contributed by atoms with Crippen molar-refractivity contribution in [3.63, 3.8) is 0 Å². The molecule has 18 heavy (non-hydrogen) atoms. The van der Waals surface area contributed by atoms with E-state index in [0.29, 0.717) is 6.42 Å². The zero-order valence-corrected chi connectivity index (χ0v) is 11.3. The molecule has 1 aromatic heterocycles. The largest absolute Gasteiger partial charge is 0.370 e. The molecule has 0 spiro atoms. The number of carbonyl (C=O) groups excluding carboxylic acids is 1. The first-order valence-corrected chi connectivity index (χ1v) is 6.56. The first-order chi connectivity index (χ1) is 8.59. The molecule has 100 valence electrons. The number of ether oxygens (including phenoxy) is 1. The number of methoxy groups -OCH3 is 1. The summed E-state index contributed by atoms with van der Waals surface area (Å²) in [4.78, 5) is 16.6. The molecule has 0 N–H and O–H groups in total. The summed E-state index contributed by atoms with van der Waals surface area (Å²) in [7, 11) is 1.64. The molecule has 0 amide bonds. The molecule has 0 bridgehead atoms. The van der Waals surface area contributed by atoms with E-state index in [2.05, 4.69) is 10.1 Å². The average Bonchev–Trinajstić information content (AvgIpc) is 2.97. The van der Waals surface area contributed by atoms with Gasteiger partial charge >= 0.3 is 0 Å². The van der Waals surface area contributed by atoms with Gasteiger partial charge in [0.15, 0.2) is 5.78 Å². The van der Waals surface area contributed by atoms with Gasteiger partial charge in [0.2, 0.25) is 0 Å². The minimum absolute atomic E-state index is 0.136. The van der Waals surface area contributed by atoms with Gasteiger partial charge in [-0.05, 0) is 39.5 Å². The average molecular weight is 251 g/mol. The van der Waals surface area contributed by atoms with Crippen LogP contribution in [0.15, 0.2) is 6.33 Å². The van der Waals surface area contributed by atoms with Gasteiger partial charge in [0, 0.05) is 13.2 Å². The van der Waals surface area contributed by atoms with Gasteiger partial charge in [0.25, 0.3) is 0 Å². The Morgan fingerprint density at radius 2 is 2.17 bits per heavy atom. The van der Waals surface area contributed by atoms with Crippen molar-refractivity contribution in [2.45, 2.75) is 57.6 Å². The van der Waals surface area contributed by atoms with Crippen molar-refractivity contribution in [3.8, 4) is 0 Å². The van der Waals surface area contributed by atoms with Crippen LogP contribution in [-0.2, 0) is 16.0 Å². The van der Waals surface area contributed by atoms with Crippen LogP contribution in [0.1, 0.15) is 51.4 Å². The minimum Gasteiger partial charge on any atom is -0.370 e. The molecule has 0 unspecified atom stereocenters. The van der Waals surface area contributed by atoms with Gasteiger partial charge in [-0.1, -0.05) is 0 Å². The zero-order chi connectivity index (χ0) is 13.2. The Bertz CT molecular complexity index is 420. The summed E-state index contributed by atoms with van der Waals surface area (Å²) in [5.41, 5.74) is -0.576. The molecule has 5 nitrogen and oxygen atoms in total. The van der Waals surface area contributed by atoms with Gasteiger partial charge in [-0.25, -0.2) is 9.67 Å². The first kappa shape index (κ1) is 13.2. The van der Waals surface area contributed by atoms with Gasteiger partial charge in [-0.3, -0.25) is 4.79 Å². The Kier molecular flexibility index (Phi) is 3.80. The summed E-state index contributed by atoms with van der Waals surface area (Å²) >= 11 is 0. The molecule has 0 aromatic carbocycles. The van der Waals surface area contributed by atoms with E-state index in [1.807, 2.05) is 13.8 Å². The summed E-state index contributed by atoms with van der Waals surface area (Å²) in [6.45, 7) is 4.06. The van der Waals surface area contributed by atoms with Crippen molar-refractivity contribution < 1.29 is 9.53 Å². The number of rotatable bonds is 5. The highest BCUT2D eigenvalue weighted by Crippen LogP contribution is 2.34. The third-order valence-electron chi connectivity index (χ3n) is 3.77. The highest BCUT2D eigenvalue weighted by Gasteiger charge is 2.41. The zero-order valence-electron chi connectivity index (χ0n) is 11.3. The van der Waals surface area contributed by atoms with Crippen LogP contribution in [0, 0.1) is 0 Å². The predicted octanol–water partition coefficient (Wildman–Crippen LogP) is 1.93. The van der Waals surface area contributed by atoms with Crippen molar-refractivity contribution in [3.05, 3.63) is 12.2 Å². The molecule has 0 radical (unpaired) electrons. The van der Waals surface area contributed by atoms with Crippen LogP contribution in [0.3, 0.4) is 0 Å². The Hall–Kier alpha value is -1.23. The molecule has 2 rings (SSSR count). The standard InChI is InChI=1S/C13H21N3O2/c1-10(2)16-12(14-9-15-16)8-11(17)13(18-3)6-4-5-7-13/h9-10H,4-8H2,1-3H3. The van der Waals surface area contributed by atoms with E-state index in [9.17, 15) is 4.79 Å². The molecular weight excluding hydrogens is 230 g/mol. The molecule has 1 aromatic rings. The fourth-order valence-corrected chi connectivity index (χ4v) is 2.68. The number of nitrogens with zero attached hydrogens (tertiary/aromatic N) is 3. The van der Waals surface area contributed by atoms with Crippen LogP contribution in [0.2, 0.25) is 0 Å². The van der Waals surface area contributed by atoms with E-state index in [4.69, 9.17) is 4.74 Å². The topological polar surface area (TPSA) is 57.0 Å². The van der Waals surface area contributed by atoms with Crippen LogP contribution in [0.5, 0.6) is 0 Å². The first-order valence-electron chi connectivity index (χ1n) is 6.56. The number of Topliss-reactive ketones (excluding diaryl/α,β-unsaturated/α-hetero) is 1. The second-order valence-corrected chi connectivity index (χ2v) is 5.22. The van der Waals surface area contributed by atoms with Gasteiger partial charge in [-0.15, -0.1) is 0 Å². The van der Waals surface area contributed by atoms with Gasteiger partial charge in [-0.2, -0.15) is 5.10 Å². The fourth-order valence-electron chi connectivity index (χ4n) is 2.68.